The second kappa shape index (κ2) is 4.76. The Bertz CT molecular complexity index is 262. The van der Waals surface area contributed by atoms with Crippen LogP contribution in [0, 0.1) is 0 Å². The zero-order chi connectivity index (χ0) is 9.68. The topological polar surface area (TPSA) is 76.7 Å². The average Bonchev–Trinajstić information content (AvgIpc) is 2.09. The first kappa shape index (κ1) is 9.91. The number of nitrogens with two attached hydrogens (primary N) is 1. The molecule has 1 aliphatic heterocycles. The van der Waals surface area contributed by atoms with Gasteiger partial charge in [-0.1, -0.05) is 11.8 Å². The smallest absolute Gasteiger partial charge is 0.311 e. The number of thioether (sulfide) groups is 1. The Morgan fingerprint density at radius 1 is 1.85 bits per heavy atom. The maximum absolute atomic E-state index is 11.0. The molecule has 13 heavy (non-hydrogen) atoms. The van der Waals surface area contributed by atoms with Gasteiger partial charge in [0.25, 0.3) is 0 Å². The number of hydrazone groups is 1. The molecule has 0 aliphatic carbocycles. The summed E-state index contributed by atoms with van der Waals surface area (Å²) in [5.74, 6) is -0.266. The van der Waals surface area contributed by atoms with Gasteiger partial charge in [-0.25, -0.2) is 0 Å². The number of nitrogens with one attached hydrogen (secondary N) is 1. The van der Waals surface area contributed by atoms with Gasteiger partial charge in [-0.3, -0.25) is 10.2 Å². The number of hydrogen-bond acceptors (Lipinski definition) is 6. The van der Waals surface area contributed by atoms with E-state index in [0.717, 1.165) is 0 Å². The molecular weight excluding hydrogens is 190 g/mol. The fraction of sp³-hybridized carbons (Fsp3) is 0.429. The molecule has 0 saturated carbocycles. The molecule has 1 aliphatic rings. The molecule has 0 aromatic carbocycles. The third-order valence-electron chi connectivity index (χ3n) is 1.27. The predicted octanol–water partition coefficient (Wildman–Crippen LogP) is 0.347. The third kappa shape index (κ3) is 3.37. The minimum atomic E-state index is -0.266. The molecule has 72 valence electrons. The molecule has 1 rings (SSSR count). The number of amidine groups is 1. The summed E-state index contributed by atoms with van der Waals surface area (Å²) in [5.41, 5.74) is 8.74. The molecule has 0 unspecified atom stereocenters. The fourth-order valence-corrected chi connectivity index (χ4v) is 1.26. The molecule has 5 nitrogen and oxygen atoms in total. The minimum Gasteiger partial charge on any atom is -0.466 e. The lowest BCUT2D eigenvalue weighted by molar-refractivity contribution is -0.142. The van der Waals surface area contributed by atoms with Crippen LogP contribution in [-0.2, 0) is 9.53 Å². The number of hydrogen-bond donors (Lipinski definition) is 2. The SMILES string of the molecule is CCOC(=O)CC1=CSC(N)=NN1. The van der Waals surface area contributed by atoms with Gasteiger partial charge in [-0.15, -0.1) is 0 Å². The number of ether oxygens (including phenoxy) is 1. The van der Waals surface area contributed by atoms with E-state index in [1.54, 1.807) is 12.3 Å². The van der Waals surface area contributed by atoms with E-state index in [2.05, 4.69) is 10.5 Å². The van der Waals surface area contributed by atoms with E-state index in [9.17, 15) is 4.79 Å². The number of rotatable bonds is 3. The first-order valence-electron chi connectivity index (χ1n) is 3.83. The van der Waals surface area contributed by atoms with Crippen LogP contribution in [-0.4, -0.2) is 17.7 Å². The van der Waals surface area contributed by atoms with Crippen molar-refractivity contribution in [2.45, 2.75) is 13.3 Å². The van der Waals surface area contributed by atoms with Gasteiger partial charge in [0.2, 0.25) is 0 Å². The lowest BCUT2D eigenvalue weighted by atomic mass is 10.3. The third-order valence-corrected chi connectivity index (χ3v) is 2.01. The molecule has 6 heteroatoms. The van der Waals surface area contributed by atoms with Gasteiger partial charge in [-0.2, -0.15) is 5.10 Å². The van der Waals surface area contributed by atoms with Crippen LogP contribution in [0.3, 0.4) is 0 Å². The molecule has 1 heterocycles. The van der Waals surface area contributed by atoms with Gasteiger partial charge in [0, 0.05) is 5.41 Å². The monoisotopic (exact) mass is 201 g/mol. The number of carbonyl (C=O) groups is 1. The van der Waals surface area contributed by atoms with E-state index in [4.69, 9.17) is 10.5 Å². The summed E-state index contributed by atoms with van der Waals surface area (Å²) in [6.07, 6.45) is 0.206. The highest BCUT2D eigenvalue weighted by atomic mass is 32.2. The second-order valence-corrected chi connectivity index (χ2v) is 3.19. The van der Waals surface area contributed by atoms with E-state index in [0.29, 0.717) is 17.5 Å². The summed E-state index contributed by atoms with van der Waals surface area (Å²) in [5, 5.41) is 5.94. The molecule has 0 spiro atoms. The highest BCUT2D eigenvalue weighted by Gasteiger charge is 2.09. The maximum atomic E-state index is 11.0. The molecule has 0 saturated heterocycles. The van der Waals surface area contributed by atoms with Crippen molar-refractivity contribution in [3.8, 4) is 0 Å². The highest BCUT2D eigenvalue weighted by Crippen LogP contribution is 2.13. The van der Waals surface area contributed by atoms with E-state index < -0.39 is 0 Å². The molecular formula is C7H11N3O2S. The Balaban J connectivity index is 2.35. The zero-order valence-corrected chi connectivity index (χ0v) is 8.06. The van der Waals surface area contributed by atoms with Crippen LogP contribution in [0.15, 0.2) is 16.2 Å². The van der Waals surface area contributed by atoms with E-state index >= 15 is 0 Å². The van der Waals surface area contributed by atoms with Crippen molar-refractivity contribution in [3.63, 3.8) is 0 Å². The zero-order valence-electron chi connectivity index (χ0n) is 7.24. The van der Waals surface area contributed by atoms with Gasteiger partial charge in [0.05, 0.1) is 18.7 Å². The molecule has 3 N–H and O–H groups in total. The molecule has 0 amide bonds. The van der Waals surface area contributed by atoms with Crippen molar-refractivity contribution in [1.29, 1.82) is 0 Å². The van der Waals surface area contributed by atoms with Crippen molar-refractivity contribution in [2.24, 2.45) is 10.8 Å². The number of esters is 1. The van der Waals surface area contributed by atoms with Crippen LogP contribution in [0.2, 0.25) is 0 Å². The lowest BCUT2D eigenvalue weighted by Crippen LogP contribution is -2.20. The van der Waals surface area contributed by atoms with Crippen LogP contribution in [0.4, 0.5) is 0 Å². The Hall–Kier alpha value is -1.17. The first-order chi connectivity index (χ1) is 6.22. The van der Waals surface area contributed by atoms with Crippen molar-refractivity contribution in [3.05, 3.63) is 11.1 Å². The van der Waals surface area contributed by atoms with Crippen molar-refractivity contribution in [1.82, 2.24) is 5.43 Å². The Morgan fingerprint density at radius 2 is 2.62 bits per heavy atom. The summed E-state index contributed by atoms with van der Waals surface area (Å²) in [6.45, 7) is 2.16. The van der Waals surface area contributed by atoms with Crippen molar-refractivity contribution >= 4 is 22.9 Å². The second-order valence-electron chi connectivity index (χ2n) is 2.30. The number of carbonyl (C=O) groups excluding carboxylic acids is 1. The molecule has 0 bridgehead atoms. The van der Waals surface area contributed by atoms with Gasteiger partial charge in [0.1, 0.15) is 0 Å². The van der Waals surface area contributed by atoms with Gasteiger partial charge in [-0.05, 0) is 6.92 Å². The van der Waals surface area contributed by atoms with E-state index in [1.807, 2.05) is 0 Å². The quantitative estimate of drug-likeness (QED) is 0.644. The van der Waals surface area contributed by atoms with Crippen LogP contribution >= 0.6 is 11.8 Å². The van der Waals surface area contributed by atoms with Crippen molar-refractivity contribution in [2.75, 3.05) is 6.61 Å². The fourth-order valence-electron chi connectivity index (χ4n) is 0.760. The summed E-state index contributed by atoms with van der Waals surface area (Å²) in [6, 6.07) is 0. The highest BCUT2D eigenvalue weighted by molar-refractivity contribution is 8.16. The van der Waals surface area contributed by atoms with Crippen molar-refractivity contribution < 1.29 is 9.53 Å². The molecule has 0 fully saturated rings. The molecule has 0 atom stereocenters. The van der Waals surface area contributed by atoms with E-state index in [-0.39, 0.29) is 12.4 Å². The lowest BCUT2D eigenvalue weighted by Gasteiger charge is -2.10. The van der Waals surface area contributed by atoms with Crippen LogP contribution in [0.25, 0.3) is 0 Å². The summed E-state index contributed by atoms with van der Waals surface area (Å²) >= 11 is 1.28. The molecule has 0 aromatic rings. The Labute approximate surface area is 80.4 Å². The molecule has 0 aromatic heterocycles. The first-order valence-corrected chi connectivity index (χ1v) is 4.71. The predicted molar refractivity (Wildman–Crippen MR) is 51.7 cm³/mol. The van der Waals surface area contributed by atoms with E-state index in [1.165, 1.54) is 11.8 Å². The Morgan fingerprint density at radius 3 is 3.15 bits per heavy atom. The standard InChI is InChI=1S/C7H11N3O2S/c1-2-12-6(11)3-5-4-13-7(8)10-9-5/h4,9H,2-3H2,1H3,(H2,8,10). The van der Waals surface area contributed by atoms with Crippen LogP contribution in [0.5, 0.6) is 0 Å². The normalized spacial score (nSPS) is 15.5. The minimum absolute atomic E-state index is 0.206. The maximum Gasteiger partial charge on any atom is 0.311 e. The van der Waals surface area contributed by atoms with Crippen LogP contribution in [0.1, 0.15) is 13.3 Å². The number of nitrogens with zero attached hydrogens (tertiary/aromatic N) is 1. The molecule has 0 radical (unpaired) electrons. The van der Waals surface area contributed by atoms with Gasteiger partial charge in [0.15, 0.2) is 5.17 Å². The average molecular weight is 201 g/mol. The summed E-state index contributed by atoms with van der Waals surface area (Å²) in [7, 11) is 0. The van der Waals surface area contributed by atoms with Gasteiger partial charge < -0.3 is 10.5 Å². The summed E-state index contributed by atoms with van der Waals surface area (Å²) < 4.78 is 4.76. The van der Waals surface area contributed by atoms with Crippen LogP contribution < -0.4 is 11.2 Å². The van der Waals surface area contributed by atoms with Gasteiger partial charge >= 0.3 is 5.97 Å². The largest absolute Gasteiger partial charge is 0.466 e. The Kier molecular flexibility index (Phi) is 3.63. The summed E-state index contributed by atoms with van der Waals surface area (Å²) in [4.78, 5) is 11.0.